The van der Waals surface area contributed by atoms with Crippen LogP contribution in [-0.2, 0) is 6.42 Å². The van der Waals surface area contributed by atoms with Gasteiger partial charge in [0.1, 0.15) is 5.69 Å². The van der Waals surface area contributed by atoms with E-state index in [9.17, 15) is 10.1 Å². The van der Waals surface area contributed by atoms with Crippen LogP contribution < -0.4 is 0 Å². The first-order valence-corrected chi connectivity index (χ1v) is 8.11. The molecule has 4 nitrogen and oxygen atoms in total. The fraction of sp³-hybridized carbons (Fsp3) is 0.0476. The second kappa shape index (κ2) is 6.24. The molecule has 1 aromatic heterocycles. The molecule has 0 saturated heterocycles. The van der Waals surface area contributed by atoms with Crippen LogP contribution in [0.3, 0.4) is 0 Å². The highest BCUT2D eigenvalue weighted by Gasteiger charge is 2.22. The molecule has 0 fully saturated rings. The second-order valence-corrected chi connectivity index (χ2v) is 6.01. The Morgan fingerprint density at radius 1 is 0.800 bits per heavy atom. The molecule has 25 heavy (non-hydrogen) atoms. The minimum absolute atomic E-state index is 0.131. The Balaban J connectivity index is 1.72. The van der Waals surface area contributed by atoms with Gasteiger partial charge in [-0.15, -0.1) is 0 Å². The summed E-state index contributed by atoms with van der Waals surface area (Å²) in [4.78, 5) is 14.4. The first kappa shape index (κ1) is 15.1. The molecule has 0 bridgehead atoms. The average molecular weight is 328 g/mol. The maximum atomic E-state index is 11.6. The Hall–Kier alpha value is -3.40. The van der Waals surface area contributed by atoms with Gasteiger partial charge in [0, 0.05) is 5.56 Å². The van der Waals surface area contributed by atoms with Crippen molar-refractivity contribution in [2.75, 3.05) is 0 Å². The zero-order valence-electron chi connectivity index (χ0n) is 13.5. The third-order valence-electron chi connectivity index (χ3n) is 4.35. The summed E-state index contributed by atoms with van der Waals surface area (Å²) in [5.41, 5.74) is 4.70. The molecule has 1 N–H and O–H groups in total. The van der Waals surface area contributed by atoms with Crippen LogP contribution in [0.5, 0.6) is 0 Å². The number of aromatic amines is 1. The van der Waals surface area contributed by atoms with E-state index in [-0.39, 0.29) is 10.6 Å². The number of nitro groups is 1. The van der Waals surface area contributed by atoms with E-state index in [2.05, 4.69) is 17.1 Å². The minimum Gasteiger partial charge on any atom is -0.349 e. The molecule has 0 saturated carbocycles. The Morgan fingerprint density at radius 3 is 2.16 bits per heavy atom. The first-order valence-electron chi connectivity index (χ1n) is 8.11. The van der Waals surface area contributed by atoms with Gasteiger partial charge in [-0.05, 0) is 29.7 Å². The Kier molecular flexibility index (Phi) is 3.78. The fourth-order valence-corrected chi connectivity index (χ4v) is 3.15. The highest BCUT2D eigenvalue weighted by atomic mass is 16.6. The van der Waals surface area contributed by atoms with E-state index < -0.39 is 0 Å². The van der Waals surface area contributed by atoms with E-state index in [0.717, 1.165) is 17.5 Å². The third-order valence-corrected chi connectivity index (χ3v) is 4.35. The van der Waals surface area contributed by atoms with Crippen molar-refractivity contribution in [1.82, 2.24) is 4.98 Å². The van der Waals surface area contributed by atoms with E-state index in [1.165, 1.54) is 11.1 Å². The molecular formula is C21H16N2O2. The molecule has 0 aliphatic carbocycles. The van der Waals surface area contributed by atoms with E-state index >= 15 is 0 Å². The van der Waals surface area contributed by atoms with E-state index in [0.29, 0.717) is 11.1 Å². The van der Waals surface area contributed by atoms with Gasteiger partial charge in [0.25, 0.3) is 0 Å². The molecule has 0 aliphatic heterocycles. The summed E-state index contributed by atoms with van der Waals surface area (Å²) in [6.45, 7) is 0. The number of rotatable bonds is 4. The van der Waals surface area contributed by atoms with Gasteiger partial charge < -0.3 is 4.98 Å². The van der Waals surface area contributed by atoms with Crippen molar-refractivity contribution in [3.8, 4) is 11.3 Å². The summed E-state index contributed by atoms with van der Waals surface area (Å²) < 4.78 is 0. The molecule has 4 rings (SSSR count). The third kappa shape index (κ3) is 2.90. The lowest BCUT2D eigenvalue weighted by Crippen LogP contribution is -1.91. The summed E-state index contributed by atoms with van der Waals surface area (Å²) >= 11 is 0. The monoisotopic (exact) mass is 328 g/mol. The number of hydrogen-bond donors (Lipinski definition) is 1. The highest BCUT2D eigenvalue weighted by Crippen LogP contribution is 2.36. The Labute approximate surface area is 144 Å². The van der Waals surface area contributed by atoms with Crippen LogP contribution >= 0.6 is 0 Å². The number of fused-ring (bicyclic) bond motifs is 1. The topological polar surface area (TPSA) is 58.9 Å². The Morgan fingerprint density at radius 2 is 1.44 bits per heavy atom. The average Bonchev–Trinajstić information content (AvgIpc) is 3.03. The molecule has 0 atom stereocenters. The van der Waals surface area contributed by atoms with Crippen molar-refractivity contribution in [1.29, 1.82) is 0 Å². The largest absolute Gasteiger partial charge is 0.349 e. The summed E-state index contributed by atoms with van der Waals surface area (Å²) in [5, 5.41) is 12.2. The molecule has 0 spiro atoms. The van der Waals surface area contributed by atoms with Crippen LogP contribution in [0.4, 0.5) is 5.69 Å². The number of para-hydroxylation sites is 1. The molecule has 3 aromatic carbocycles. The number of nitrogens with zero attached hydrogens (tertiary/aromatic N) is 1. The minimum atomic E-state index is -0.313. The van der Waals surface area contributed by atoms with Gasteiger partial charge in [0.05, 0.1) is 15.8 Å². The number of aromatic nitrogens is 1. The maximum absolute atomic E-state index is 11.6. The van der Waals surface area contributed by atoms with Gasteiger partial charge in [0.15, 0.2) is 0 Å². The van der Waals surface area contributed by atoms with Gasteiger partial charge in [0.2, 0.25) is 0 Å². The summed E-state index contributed by atoms with van der Waals surface area (Å²) in [5.74, 6) is 0. The van der Waals surface area contributed by atoms with E-state index in [1.54, 1.807) is 6.07 Å². The lowest BCUT2D eigenvalue weighted by atomic mass is 10.0. The lowest BCUT2D eigenvalue weighted by molar-refractivity contribution is -0.382. The summed E-state index contributed by atoms with van der Waals surface area (Å²) in [6.07, 6.45) is 0.843. The summed E-state index contributed by atoms with van der Waals surface area (Å²) in [7, 11) is 0. The number of nitrogens with one attached hydrogen (secondary N) is 1. The molecule has 0 amide bonds. The standard InChI is InChI=1S/C21H16N2O2/c24-23(25)21-18-8-4-5-9-19(18)22-20(21)17-12-10-16(11-13-17)14-15-6-2-1-3-7-15/h1-13,22H,14H2. The predicted molar refractivity (Wildman–Crippen MR) is 99.6 cm³/mol. The Bertz CT molecular complexity index is 1030. The van der Waals surface area contributed by atoms with Crippen molar-refractivity contribution in [2.24, 2.45) is 0 Å². The van der Waals surface area contributed by atoms with Crippen molar-refractivity contribution in [3.63, 3.8) is 0 Å². The number of H-pyrrole nitrogens is 1. The molecule has 122 valence electrons. The molecule has 1 heterocycles. The zero-order valence-corrected chi connectivity index (χ0v) is 13.5. The van der Waals surface area contributed by atoms with E-state index in [4.69, 9.17) is 0 Å². The molecule has 4 heteroatoms. The zero-order chi connectivity index (χ0) is 17.2. The van der Waals surface area contributed by atoms with Crippen LogP contribution in [0, 0.1) is 10.1 Å². The van der Waals surface area contributed by atoms with Crippen LogP contribution in [0.15, 0.2) is 78.9 Å². The van der Waals surface area contributed by atoms with Crippen LogP contribution in [0.2, 0.25) is 0 Å². The highest BCUT2D eigenvalue weighted by molar-refractivity contribution is 5.97. The molecule has 0 radical (unpaired) electrons. The molecule has 0 unspecified atom stereocenters. The molecule has 4 aromatic rings. The number of hydrogen-bond acceptors (Lipinski definition) is 2. The van der Waals surface area contributed by atoms with Crippen molar-refractivity contribution >= 4 is 16.6 Å². The van der Waals surface area contributed by atoms with Gasteiger partial charge in [-0.25, -0.2) is 0 Å². The SMILES string of the molecule is O=[N+]([O-])c1c(-c2ccc(Cc3ccccc3)cc2)[nH]c2ccccc12. The van der Waals surface area contributed by atoms with Crippen molar-refractivity contribution in [3.05, 3.63) is 100 Å². The van der Waals surface area contributed by atoms with Crippen LogP contribution in [0.25, 0.3) is 22.2 Å². The van der Waals surface area contributed by atoms with Crippen molar-refractivity contribution in [2.45, 2.75) is 6.42 Å². The smallest absolute Gasteiger partial charge is 0.302 e. The van der Waals surface area contributed by atoms with Gasteiger partial charge >= 0.3 is 5.69 Å². The van der Waals surface area contributed by atoms with Gasteiger partial charge in [-0.1, -0.05) is 66.7 Å². The summed E-state index contributed by atoms with van der Waals surface area (Å²) in [6, 6.07) is 25.5. The maximum Gasteiger partial charge on any atom is 0.302 e. The van der Waals surface area contributed by atoms with Gasteiger partial charge in [-0.3, -0.25) is 10.1 Å². The predicted octanol–water partition coefficient (Wildman–Crippen LogP) is 5.33. The normalized spacial score (nSPS) is 10.9. The van der Waals surface area contributed by atoms with Crippen molar-refractivity contribution < 1.29 is 4.92 Å². The molecular weight excluding hydrogens is 312 g/mol. The van der Waals surface area contributed by atoms with E-state index in [1.807, 2.05) is 60.7 Å². The van der Waals surface area contributed by atoms with Crippen LogP contribution in [0.1, 0.15) is 11.1 Å². The molecule has 0 aliphatic rings. The quantitative estimate of drug-likeness (QED) is 0.406. The van der Waals surface area contributed by atoms with Gasteiger partial charge in [-0.2, -0.15) is 0 Å². The fourth-order valence-electron chi connectivity index (χ4n) is 3.15. The lowest BCUT2D eigenvalue weighted by Gasteiger charge is -2.04. The second-order valence-electron chi connectivity index (χ2n) is 6.01. The number of benzene rings is 3. The first-order chi connectivity index (χ1) is 12.2. The van der Waals surface area contributed by atoms with Crippen LogP contribution in [-0.4, -0.2) is 9.91 Å².